The Kier molecular flexibility index (Phi) is 4.55. The lowest BCUT2D eigenvalue weighted by Crippen LogP contribution is -2.28. The lowest BCUT2D eigenvalue weighted by Gasteiger charge is -2.22. The fourth-order valence-electron chi connectivity index (χ4n) is 1.56. The fourth-order valence-corrected chi connectivity index (χ4v) is 1.56. The second-order valence-electron chi connectivity index (χ2n) is 3.18. The lowest BCUT2D eigenvalue weighted by atomic mass is 9.95. The third kappa shape index (κ3) is 3.73. The van der Waals surface area contributed by atoms with E-state index in [2.05, 4.69) is 12.2 Å². The maximum absolute atomic E-state index is 5.32. The SMILES string of the molecule is CCOCCC1CCNCC1.[HH]. The number of hydrogen-bond donors (Lipinski definition) is 1. The highest BCUT2D eigenvalue weighted by Crippen LogP contribution is 2.15. The second-order valence-corrected chi connectivity index (χ2v) is 3.18. The third-order valence-corrected chi connectivity index (χ3v) is 2.33. The zero-order chi connectivity index (χ0) is 7.94. The highest BCUT2D eigenvalue weighted by atomic mass is 16.5. The van der Waals surface area contributed by atoms with Gasteiger partial charge < -0.3 is 10.1 Å². The Hall–Kier alpha value is -0.0800. The molecule has 1 aliphatic rings. The molecule has 2 nitrogen and oxygen atoms in total. The molecule has 1 aliphatic heterocycles. The standard InChI is InChI=1S/C9H19NO.H2/c1-2-11-8-5-9-3-6-10-7-4-9;/h9-10H,2-8H2,1H3;1H. The average molecular weight is 159 g/mol. The molecule has 0 aromatic carbocycles. The Morgan fingerprint density at radius 3 is 2.82 bits per heavy atom. The van der Waals surface area contributed by atoms with Crippen LogP contribution in [0, 0.1) is 5.92 Å². The molecule has 1 heterocycles. The number of rotatable bonds is 4. The zero-order valence-electron chi connectivity index (χ0n) is 7.44. The van der Waals surface area contributed by atoms with Crippen molar-refractivity contribution in [1.29, 1.82) is 0 Å². The highest BCUT2D eigenvalue weighted by Gasteiger charge is 2.11. The summed E-state index contributed by atoms with van der Waals surface area (Å²) in [6.45, 7) is 6.29. The van der Waals surface area contributed by atoms with Crippen molar-refractivity contribution in [3.8, 4) is 0 Å². The van der Waals surface area contributed by atoms with Gasteiger partial charge in [-0.05, 0) is 45.2 Å². The molecule has 0 aromatic heterocycles. The summed E-state index contributed by atoms with van der Waals surface area (Å²) >= 11 is 0. The first-order valence-corrected chi connectivity index (χ1v) is 4.72. The molecule has 1 rings (SSSR count). The smallest absolute Gasteiger partial charge is 0.0468 e. The Bertz CT molecular complexity index is 94.5. The van der Waals surface area contributed by atoms with Crippen LogP contribution in [-0.4, -0.2) is 26.3 Å². The third-order valence-electron chi connectivity index (χ3n) is 2.33. The minimum absolute atomic E-state index is 0. The Labute approximate surface area is 70.8 Å². The van der Waals surface area contributed by atoms with Crippen molar-refractivity contribution >= 4 is 0 Å². The van der Waals surface area contributed by atoms with Crippen LogP contribution in [-0.2, 0) is 4.74 Å². The summed E-state index contributed by atoms with van der Waals surface area (Å²) in [6.07, 6.45) is 3.94. The van der Waals surface area contributed by atoms with Crippen molar-refractivity contribution < 1.29 is 6.16 Å². The molecule has 1 saturated heterocycles. The van der Waals surface area contributed by atoms with Crippen LogP contribution in [0.4, 0.5) is 0 Å². The summed E-state index contributed by atoms with van der Waals surface area (Å²) in [7, 11) is 0. The van der Waals surface area contributed by atoms with Gasteiger partial charge in [-0.1, -0.05) is 0 Å². The topological polar surface area (TPSA) is 21.3 Å². The monoisotopic (exact) mass is 159 g/mol. The summed E-state index contributed by atoms with van der Waals surface area (Å²) in [6, 6.07) is 0. The molecule has 0 spiro atoms. The molecule has 1 N–H and O–H groups in total. The lowest BCUT2D eigenvalue weighted by molar-refractivity contribution is 0.126. The summed E-state index contributed by atoms with van der Waals surface area (Å²) in [5.74, 6) is 0.919. The van der Waals surface area contributed by atoms with E-state index in [4.69, 9.17) is 4.74 Å². The van der Waals surface area contributed by atoms with Gasteiger partial charge in [-0.15, -0.1) is 0 Å². The predicted molar refractivity (Wildman–Crippen MR) is 48.8 cm³/mol. The minimum Gasteiger partial charge on any atom is -0.382 e. The van der Waals surface area contributed by atoms with Crippen molar-refractivity contribution in [2.75, 3.05) is 26.3 Å². The van der Waals surface area contributed by atoms with Crippen molar-refractivity contribution in [1.82, 2.24) is 5.32 Å². The van der Waals surface area contributed by atoms with E-state index in [1.807, 2.05) is 0 Å². The van der Waals surface area contributed by atoms with Gasteiger partial charge in [0.25, 0.3) is 0 Å². The molecule has 0 saturated carbocycles. The largest absolute Gasteiger partial charge is 0.382 e. The molecule has 1 fully saturated rings. The second kappa shape index (κ2) is 5.56. The molecular weight excluding hydrogens is 138 g/mol. The van der Waals surface area contributed by atoms with Gasteiger partial charge >= 0.3 is 0 Å². The van der Waals surface area contributed by atoms with E-state index in [0.29, 0.717) is 0 Å². The average Bonchev–Trinajstić information content (AvgIpc) is 2.07. The molecule has 0 aromatic rings. The zero-order valence-corrected chi connectivity index (χ0v) is 7.44. The molecule has 0 aliphatic carbocycles. The Morgan fingerprint density at radius 2 is 2.18 bits per heavy atom. The summed E-state index contributed by atoms with van der Waals surface area (Å²) < 4.78 is 5.32. The maximum atomic E-state index is 5.32. The molecule has 0 amide bonds. The molecule has 68 valence electrons. The molecule has 0 bridgehead atoms. The first kappa shape index (κ1) is 9.01. The highest BCUT2D eigenvalue weighted by molar-refractivity contribution is 4.67. The number of nitrogens with one attached hydrogen (secondary N) is 1. The molecular formula is C9H21NO. The first-order valence-electron chi connectivity index (χ1n) is 4.72. The number of hydrogen-bond acceptors (Lipinski definition) is 2. The molecule has 0 atom stereocenters. The van der Waals surface area contributed by atoms with Crippen LogP contribution in [0.2, 0.25) is 0 Å². The number of ether oxygens (including phenoxy) is 1. The summed E-state index contributed by atoms with van der Waals surface area (Å²) in [4.78, 5) is 0. The first-order chi connectivity index (χ1) is 5.43. The van der Waals surface area contributed by atoms with E-state index in [0.717, 1.165) is 19.1 Å². The molecule has 0 unspecified atom stereocenters. The van der Waals surface area contributed by atoms with Crippen LogP contribution < -0.4 is 5.32 Å². The Balaban J connectivity index is 0.00000121. The van der Waals surface area contributed by atoms with Crippen molar-refractivity contribution in [2.24, 2.45) is 5.92 Å². The van der Waals surface area contributed by atoms with Crippen molar-refractivity contribution in [2.45, 2.75) is 26.2 Å². The van der Waals surface area contributed by atoms with E-state index in [1.54, 1.807) is 0 Å². The van der Waals surface area contributed by atoms with E-state index < -0.39 is 0 Å². The normalized spacial score (nSPS) is 20.5. The van der Waals surface area contributed by atoms with Crippen LogP contribution >= 0.6 is 0 Å². The van der Waals surface area contributed by atoms with Gasteiger partial charge in [0.2, 0.25) is 0 Å². The van der Waals surface area contributed by atoms with Gasteiger partial charge in [-0.3, -0.25) is 0 Å². The quantitative estimate of drug-likeness (QED) is 0.630. The summed E-state index contributed by atoms with van der Waals surface area (Å²) in [5, 5.41) is 3.36. The predicted octanol–water partition coefficient (Wildman–Crippen LogP) is 1.66. The van der Waals surface area contributed by atoms with Crippen LogP contribution in [0.25, 0.3) is 0 Å². The fraction of sp³-hybridized carbons (Fsp3) is 1.00. The van der Waals surface area contributed by atoms with Crippen LogP contribution in [0.3, 0.4) is 0 Å². The van der Waals surface area contributed by atoms with Crippen LogP contribution in [0.15, 0.2) is 0 Å². The van der Waals surface area contributed by atoms with E-state index in [-0.39, 0.29) is 1.43 Å². The van der Waals surface area contributed by atoms with Crippen LogP contribution in [0.5, 0.6) is 0 Å². The van der Waals surface area contributed by atoms with Gasteiger partial charge in [0.05, 0.1) is 0 Å². The minimum atomic E-state index is 0. The Morgan fingerprint density at radius 1 is 1.45 bits per heavy atom. The van der Waals surface area contributed by atoms with Gasteiger partial charge in [0.1, 0.15) is 0 Å². The van der Waals surface area contributed by atoms with E-state index in [1.165, 1.54) is 32.4 Å². The maximum Gasteiger partial charge on any atom is 0.0468 e. The van der Waals surface area contributed by atoms with Gasteiger partial charge in [0, 0.05) is 14.6 Å². The van der Waals surface area contributed by atoms with E-state index in [9.17, 15) is 0 Å². The number of piperidine rings is 1. The summed E-state index contributed by atoms with van der Waals surface area (Å²) in [5.41, 5.74) is 0. The van der Waals surface area contributed by atoms with Crippen molar-refractivity contribution in [3.63, 3.8) is 0 Å². The molecule has 11 heavy (non-hydrogen) atoms. The van der Waals surface area contributed by atoms with Gasteiger partial charge in [-0.25, -0.2) is 0 Å². The van der Waals surface area contributed by atoms with E-state index >= 15 is 0 Å². The molecule has 2 heteroatoms. The van der Waals surface area contributed by atoms with Crippen molar-refractivity contribution in [3.05, 3.63) is 0 Å². The van der Waals surface area contributed by atoms with Gasteiger partial charge in [-0.2, -0.15) is 0 Å². The van der Waals surface area contributed by atoms with Crippen LogP contribution in [0.1, 0.15) is 27.6 Å². The van der Waals surface area contributed by atoms with Gasteiger partial charge in [0.15, 0.2) is 0 Å². The molecule has 0 radical (unpaired) electrons.